The fraction of sp³-hybridized carbons (Fsp3) is 0.800. The fourth-order valence-corrected chi connectivity index (χ4v) is 1.01. The third-order valence-corrected chi connectivity index (χ3v) is 1.66. The molecule has 0 saturated carbocycles. The molecule has 6 nitrogen and oxygen atoms in total. The second-order valence-corrected chi connectivity index (χ2v) is 4.35. The lowest BCUT2D eigenvalue weighted by atomic mass is 10.2. The summed E-state index contributed by atoms with van der Waals surface area (Å²) in [6, 6.07) is -0.595. The molecule has 0 aliphatic carbocycles. The van der Waals surface area contributed by atoms with E-state index in [0.29, 0.717) is 6.42 Å². The lowest BCUT2D eigenvalue weighted by molar-refractivity contribution is -0.124. The van der Waals surface area contributed by atoms with E-state index in [1.807, 2.05) is 0 Å². The minimum atomic E-state index is -0.595. The van der Waals surface area contributed by atoms with Gasteiger partial charge in [0.25, 0.3) is 5.91 Å². The van der Waals surface area contributed by atoms with E-state index in [9.17, 15) is 9.59 Å². The summed E-state index contributed by atoms with van der Waals surface area (Å²) in [5, 5.41) is 2.49. The van der Waals surface area contributed by atoms with E-state index >= 15 is 0 Å². The number of alkyl carbamates (subject to hydrolysis) is 1. The van der Waals surface area contributed by atoms with Gasteiger partial charge in [-0.05, 0) is 27.2 Å². The van der Waals surface area contributed by atoms with E-state index < -0.39 is 17.7 Å². The number of rotatable bonds is 4. The molecule has 0 heterocycles. The highest BCUT2D eigenvalue weighted by atomic mass is 16.6. The number of hydrogen-bond acceptors (Lipinski definition) is 4. The van der Waals surface area contributed by atoms with Crippen molar-refractivity contribution in [1.82, 2.24) is 16.2 Å². The van der Waals surface area contributed by atoms with Crippen LogP contribution in [0.15, 0.2) is 0 Å². The lowest BCUT2D eigenvalue weighted by Crippen LogP contribution is -2.50. The van der Waals surface area contributed by atoms with Crippen molar-refractivity contribution in [1.29, 1.82) is 0 Å². The molecule has 16 heavy (non-hydrogen) atoms. The van der Waals surface area contributed by atoms with Gasteiger partial charge in [-0.25, -0.2) is 10.2 Å². The first-order chi connectivity index (χ1) is 7.30. The molecule has 94 valence electrons. The maximum atomic E-state index is 11.4. The Morgan fingerprint density at radius 1 is 1.31 bits per heavy atom. The second kappa shape index (κ2) is 6.32. The highest BCUT2D eigenvalue weighted by Gasteiger charge is 2.22. The topological polar surface area (TPSA) is 79.5 Å². The third kappa shape index (κ3) is 6.23. The van der Waals surface area contributed by atoms with Crippen molar-refractivity contribution in [3.8, 4) is 0 Å². The summed E-state index contributed by atoms with van der Waals surface area (Å²) in [7, 11) is 1.58. The molecule has 2 amide bonds. The van der Waals surface area contributed by atoms with E-state index in [4.69, 9.17) is 4.74 Å². The quantitative estimate of drug-likeness (QED) is 0.617. The Balaban J connectivity index is 4.22. The Kier molecular flexibility index (Phi) is 5.81. The minimum Gasteiger partial charge on any atom is -0.444 e. The molecular weight excluding hydrogens is 210 g/mol. The molecule has 0 radical (unpaired) electrons. The van der Waals surface area contributed by atoms with Crippen LogP contribution in [0.3, 0.4) is 0 Å². The molecule has 0 bridgehead atoms. The molecule has 0 rings (SSSR count). The molecule has 0 aromatic heterocycles. The number of hydrazine groups is 1. The zero-order valence-electron chi connectivity index (χ0n) is 10.5. The first-order valence-electron chi connectivity index (χ1n) is 5.26. The Morgan fingerprint density at radius 2 is 1.88 bits per heavy atom. The summed E-state index contributed by atoms with van der Waals surface area (Å²) in [5.74, 6) is -0.296. The van der Waals surface area contributed by atoms with Gasteiger partial charge >= 0.3 is 6.09 Å². The number of ether oxygens (including phenoxy) is 1. The summed E-state index contributed by atoms with van der Waals surface area (Å²) >= 11 is 0. The molecule has 0 fully saturated rings. The first kappa shape index (κ1) is 14.7. The summed E-state index contributed by atoms with van der Waals surface area (Å²) in [5.41, 5.74) is 4.35. The molecule has 1 atom stereocenters. The molecule has 0 aromatic rings. The molecule has 0 aromatic carbocycles. The zero-order valence-corrected chi connectivity index (χ0v) is 10.5. The van der Waals surface area contributed by atoms with Gasteiger partial charge in [0.1, 0.15) is 11.6 Å². The number of nitrogens with one attached hydrogen (secondary N) is 3. The van der Waals surface area contributed by atoms with Crippen molar-refractivity contribution in [3.05, 3.63) is 0 Å². The molecule has 0 saturated heterocycles. The lowest BCUT2D eigenvalue weighted by Gasteiger charge is -2.22. The molecule has 6 heteroatoms. The van der Waals surface area contributed by atoms with Crippen LogP contribution >= 0.6 is 0 Å². The van der Waals surface area contributed by atoms with Crippen LogP contribution in [0, 0.1) is 0 Å². The van der Waals surface area contributed by atoms with Crippen molar-refractivity contribution in [2.45, 2.75) is 45.8 Å². The first-order valence-corrected chi connectivity index (χ1v) is 5.26. The minimum absolute atomic E-state index is 0.296. The largest absolute Gasteiger partial charge is 0.444 e. The maximum Gasteiger partial charge on any atom is 0.408 e. The van der Waals surface area contributed by atoms with E-state index in [1.165, 1.54) is 0 Å². The summed E-state index contributed by atoms with van der Waals surface area (Å²) in [6.45, 7) is 7.10. The zero-order chi connectivity index (χ0) is 12.8. The van der Waals surface area contributed by atoms with Gasteiger partial charge in [-0.1, -0.05) is 6.92 Å². The van der Waals surface area contributed by atoms with Crippen LogP contribution in [-0.4, -0.2) is 30.7 Å². The average Bonchev–Trinajstić information content (AvgIpc) is 2.11. The SMILES string of the molecule is CCC(NC(=O)OC(C)(C)C)C(=O)NNC. The van der Waals surface area contributed by atoms with E-state index in [0.717, 1.165) is 0 Å². The number of amides is 2. The maximum absolute atomic E-state index is 11.4. The summed E-state index contributed by atoms with van der Waals surface area (Å²) < 4.78 is 5.05. The van der Waals surface area contributed by atoms with Crippen molar-refractivity contribution in [2.75, 3.05) is 7.05 Å². The molecule has 0 aliphatic rings. The Morgan fingerprint density at radius 3 is 2.25 bits per heavy atom. The number of hydrogen-bond donors (Lipinski definition) is 3. The molecule has 0 spiro atoms. The van der Waals surface area contributed by atoms with Gasteiger partial charge < -0.3 is 10.1 Å². The van der Waals surface area contributed by atoms with Crippen LogP contribution in [-0.2, 0) is 9.53 Å². The van der Waals surface area contributed by atoms with Crippen LogP contribution in [0.2, 0.25) is 0 Å². The van der Waals surface area contributed by atoms with Gasteiger partial charge in [0.15, 0.2) is 0 Å². The van der Waals surface area contributed by atoms with Gasteiger partial charge in [-0.15, -0.1) is 0 Å². The van der Waals surface area contributed by atoms with Crippen molar-refractivity contribution >= 4 is 12.0 Å². The highest BCUT2D eigenvalue weighted by Crippen LogP contribution is 2.07. The molecule has 1 unspecified atom stereocenters. The van der Waals surface area contributed by atoms with Gasteiger partial charge in [0.2, 0.25) is 0 Å². The summed E-state index contributed by atoms with van der Waals surface area (Å²) in [6.07, 6.45) is -0.0992. The monoisotopic (exact) mass is 231 g/mol. The highest BCUT2D eigenvalue weighted by molar-refractivity contribution is 5.85. The van der Waals surface area contributed by atoms with Crippen LogP contribution in [0.1, 0.15) is 34.1 Å². The molecule has 3 N–H and O–H groups in total. The Bertz CT molecular complexity index is 248. The Hall–Kier alpha value is -1.30. The standard InChI is InChI=1S/C10H21N3O3/c1-6-7(8(14)13-11-5)12-9(15)16-10(2,3)4/h7,11H,6H2,1-5H3,(H,12,15)(H,13,14). The van der Waals surface area contributed by atoms with E-state index in [-0.39, 0.29) is 5.91 Å². The van der Waals surface area contributed by atoms with Crippen LogP contribution in [0.5, 0.6) is 0 Å². The number of carbonyl (C=O) groups excluding carboxylic acids is 2. The Labute approximate surface area is 96.1 Å². The van der Waals surface area contributed by atoms with Crippen molar-refractivity contribution < 1.29 is 14.3 Å². The second-order valence-electron chi connectivity index (χ2n) is 4.35. The van der Waals surface area contributed by atoms with Crippen LogP contribution < -0.4 is 16.2 Å². The average molecular weight is 231 g/mol. The van der Waals surface area contributed by atoms with Crippen molar-refractivity contribution in [3.63, 3.8) is 0 Å². The number of carbonyl (C=O) groups is 2. The van der Waals surface area contributed by atoms with Gasteiger partial charge in [0, 0.05) is 7.05 Å². The van der Waals surface area contributed by atoms with Gasteiger partial charge in [-0.2, -0.15) is 0 Å². The van der Waals surface area contributed by atoms with E-state index in [1.54, 1.807) is 34.7 Å². The molecular formula is C10H21N3O3. The van der Waals surface area contributed by atoms with Gasteiger partial charge in [0.05, 0.1) is 0 Å². The summed E-state index contributed by atoms with van der Waals surface area (Å²) in [4.78, 5) is 22.8. The van der Waals surface area contributed by atoms with Gasteiger partial charge in [-0.3, -0.25) is 10.2 Å². The van der Waals surface area contributed by atoms with E-state index in [2.05, 4.69) is 16.2 Å². The van der Waals surface area contributed by atoms with Crippen molar-refractivity contribution in [2.24, 2.45) is 0 Å². The fourth-order valence-electron chi connectivity index (χ4n) is 1.01. The predicted octanol–water partition coefficient (Wildman–Crippen LogP) is 0.540. The third-order valence-electron chi connectivity index (χ3n) is 1.66. The van der Waals surface area contributed by atoms with Crippen LogP contribution in [0.4, 0.5) is 4.79 Å². The van der Waals surface area contributed by atoms with Crippen LogP contribution in [0.25, 0.3) is 0 Å². The normalized spacial score (nSPS) is 12.8. The smallest absolute Gasteiger partial charge is 0.408 e. The predicted molar refractivity (Wildman–Crippen MR) is 60.7 cm³/mol. The molecule has 0 aliphatic heterocycles.